The summed E-state index contributed by atoms with van der Waals surface area (Å²) >= 11 is 0.749. The van der Waals surface area contributed by atoms with Crippen LogP contribution in [-0.2, 0) is 17.5 Å². The summed E-state index contributed by atoms with van der Waals surface area (Å²) in [7, 11) is 3.01. The van der Waals surface area contributed by atoms with E-state index in [-0.39, 0.29) is 17.5 Å². The minimum absolute atomic E-state index is 0.166. The molecule has 0 aliphatic rings. The van der Waals surface area contributed by atoms with Crippen molar-refractivity contribution in [1.82, 2.24) is 20.2 Å². The fraction of sp³-hybridized carbons (Fsp3) is 0.357. The number of nitrogen functional groups attached to an aromatic ring is 1. The number of nitrogens with two attached hydrogens (primary N) is 1. The van der Waals surface area contributed by atoms with Gasteiger partial charge in [0.1, 0.15) is 0 Å². The fourth-order valence-electron chi connectivity index (χ4n) is 1.94. The highest BCUT2D eigenvalue weighted by molar-refractivity contribution is 7.99. The van der Waals surface area contributed by atoms with Crippen molar-refractivity contribution in [1.29, 1.82) is 0 Å². The molecule has 12 heteroatoms. The van der Waals surface area contributed by atoms with Crippen LogP contribution in [0.2, 0.25) is 0 Å². The number of aromatic nitrogens is 3. The number of carbonyl (C=O) groups excluding carboxylic acids is 1. The van der Waals surface area contributed by atoms with E-state index in [1.165, 1.54) is 14.2 Å². The Morgan fingerprint density at radius 2 is 1.96 bits per heavy atom. The number of benzene rings is 1. The molecule has 0 atom stereocenters. The van der Waals surface area contributed by atoms with Gasteiger partial charge in [-0.3, -0.25) is 4.79 Å². The maximum atomic E-state index is 12.6. The van der Waals surface area contributed by atoms with Crippen LogP contribution in [0, 0.1) is 0 Å². The number of carbonyl (C=O) groups is 1. The van der Waals surface area contributed by atoms with Crippen LogP contribution < -0.4 is 20.6 Å². The van der Waals surface area contributed by atoms with Crippen molar-refractivity contribution < 1.29 is 27.4 Å². The molecule has 8 nitrogen and oxygen atoms in total. The molecule has 0 spiro atoms. The molecular weight excluding hydrogens is 375 g/mol. The standard InChI is InChI=1S/C14H16F3N5O3S/c1-24-9-4-3-8(5-10(9)25-2)6-19-11(23)7-26-13-21-20-12(22(13)18)14(15,16)17/h3-5H,6-7,18H2,1-2H3,(H,19,23). The first-order valence-corrected chi connectivity index (χ1v) is 8.13. The lowest BCUT2D eigenvalue weighted by Gasteiger charge is -2.10. The summed E-state index contributed by atoms with van der Waals surface area (Å²) in [5, 5.41) is 8.74. The average molecular weight is 391 g/mol. The molecule has 0 saturated carbocycles. The van der Waals surface area contributed by atoms with Crippen LogP contribution in [0.15, 0.2) is 23.4 Å². The van der Waals surface area contributed by atoms with Crippen molar-refractivity contribution in [3.63, 3.8) is 0 Å². The number of nitrogens with zero attached hydrogens (tertiary/aromatic N) is 3. The minimum Gasteiger partial charge on any atom is -0.493 e. The van der Waals surface area contributed by atoms with Crippen LogP contribution in [0.25, 0.3) is 0 Å². The van der Waals surface area contributed by atoms with E-state index in [1.54, 1.807) is 18.2 Å². The maximum absolute atomic E-state index is 12.6. The smallest absolute Gasteiger partial charge is 0.453 e. The predicted octanol–water partition coefficient (Wildman–Crippen LogP) is 1.44. The van der Waals surface area contributed by atoms with Crippen molar-refractivity contribution in [3.8, 4) is 11.5 Å². The zero-order valence-corrected chi connectivity index (χ0v) is 14.6. The Bertz CT molecular complexity index is 782. The number of ether oxygens (including phenoxy) is 2. The minimum atomic E-state index is -4.71. The average Bonchev–Trinajstić information content (AvgIpc) is 2.98. The lowest BCUT2D eigenvalue weighted by molar-refractivity contribution is -0.146. The van der Waals surface area contributed by atoms with Gasteiger partial charge in [0.05, 0.1) is 20.0 Å². The number of hydrogen-bond acceptors (Lipinski definition) is 7. The Balaban J connectivity index is 1.89. The number of amides is 1. The first-order chi connectivity index (χ1) is 12.3. The third kappa shape index (κ3) is 4.71. The Kier molecular flexibility index (Phi) is 6.18. The molecule has 0 fully saturated rings. The molecule has 0 aliphatic carbocycles. The molecule has 26 heavy (non-hydrogen) atoms. The number of hydrogen-bond donors (Lipinski definition) is 2. The molecule has 0 saturated heterocycles. The molecule has 142 valence electrons. The predicted molar refractivity (Wildman–Crippen MR) is 87.3 cm³/mol. The highest BCUT2D eigenvalue weighted by atomic mass is 32.2. The Hall–Kier alpha value is -2.63. The number of halogens is 3. The van der Waals surface area contributed by atoms with Gasteiger partial charge in [0.15, 0.2) is 11.5 Å². The van der Waals surface area contributed by atoms with Crippen molar-refractivity contribution in [2.75, 3.05) is 25.8 Å². The fourth-order valence-corrected chi connectivity index (χ4v) is 2.63. The third-order valence-corrected chi connectivity index (χ3v) is 4.13. The van der Waals surface area contributed by atoms with Crippen molar-refractivity contribution in [3.05, 3.63) is 29.6 Å². The van der Waals surface area contributed by atoms with Gasteiger partial charge in [0, 0.05) is 6.54 Å². The Morgan fingerprint density at radius 1 is 1.27 bits per heavy atom. The van der Waals surface area contributed by atoms with E-state index in [1.807, 2.05) is 0 Å². The largest absolute Gasteiger partial charge is 0.493 e. The second-order valence-electron chi connectivity index (χ2n) is 4.93. The van der Waals surface area contributed by atoms with E-state index in [2.05, 4.69) is 15.5 Å². The number of methoxy groups -OCH3 is 2. The summed E-state index contributed by atoms with van der Waals surface area (Å²) in [5.74, 6) is 4.47. The van der Waals surface area contributed by atoms with E-state index in [9.17, 15) is 18.0 Å². The lowest BCUT2D eigenvalue weighted by atomic mass is 10.2. The summed E-state index contributed by atoms with van der Waals surface area (Å²) in [6.07, 6.45) is -4.71. The molecule has 0 unspecified atom stereocenters. The second-order valence-corrected chi connectivity index (χ2v) is 5.87. The van der Waals surface area contributed by atoms with Crippen LogP contribution in [0.4, 0.5) is 13.2 Å². The van der Waals surface area contributed by atoms with Gasteiger partial charge in [0.25, 0.3) is 5.82 Å². The van der Waals surface area contributed by atoms with Crippen LogP contribution in [0.1, 0.15) is 11.4 Å². The quantitative estimate of drug-likeness (QED) is 0.544. The van der Waals surface area contributed by atoms with E-state index in [0.717, 1.165) is 17.3 Å². The molecule has 0 aliphatic heterocycles. The van der Waals surface area contributed by atoms with Gasteiger partial charge < -0.3 is 20.6 Å². The molecule has 0 bridgehead atoms. The summed E-state index contributed by atoms with van der Waals surface area (Å²) < 4.78 is 48.3. The molecule has 2 rings (SSSR count). The number of rotatable bonds is 7. The van der Waals surface area contributed by atoms with Gasteiger partial charge >= 0.3 is 6.18 Å². The van der Waals surface area contributed by atoms with Gasteiger partial charge in [-0.05, 0) is 17.7 Å². The van der Waals surface area contributed by atoms with E-state index in [4.69, 9.17) is 15.3 Å². The third-order valence-electron chi connectivity index (χ3n) is 3.19. The summed E-state index contributed by atoms with van der Waals surface area (Å²) in [4.78, 5) is 11.9. The highest BCUT2D eigenvalue weighted by Gasteiger charge is 2.38. The normalized spacial score (nSPS) is 11.3. The summed E-state index contributed by atoms with van der Waals surface area (Å²) in [5.41, 5.74) is 0.766. The summed E-state index contributed by atoms with van der Waals surface area (Å²) in [6.45, 7) is 0.211. The Morgan fingerprint density at radius 3 is 2.54 bits per heavy atom. The molecule has 1 heterocycles. The first-order valence-electron chi connectivity index (χ1n) is 7.14. The molecule has 2 aromatic rings. The molecule has 1 amide bonds. The summed E-state index contributed by atoms with van der Waals surface area (Å²) in [6, 6.07) is 5.16. The van der Waals surface area contributed by atoms with Gasteiger partial charge in [-0.25, -0.2) is 4.68 Å². The number of nitrogens with one attached hydrogen (secondary N) is 1. The molecule has 0 radical (unpaired) electrons. The van der Waals surface area contributed by atoms with Crippen LogP contribution >= 0.6 is 11.8 Å². The Labute approximate surface area is 150 Å². The van der Waals surface area contributed by atoms with Gasteiger partial charge in [-0.1, -0.05) is 17.8 Å². The SMILES string of the molecule is COc1ccc(CNC(=O)CSc2nnc(C(F)(F)F)n2N)cc1OC. The van der Waals surface area contributed by atoms with E-state index in [0.29, 0.717) is 16.2 Å². The zero-order valence-electron chi connectivity index (χ0n) is 13.8. The van der Waals surface area contributed by atoms with E-state index >= 15 is 0 Å². The van der Waals surface area contributed by atoms with Crippen molar-refractivity contribution >= 4 is 17.7 Å². The second kappa shape index (κ2) is 8.17. The van der Waals surface area contributed by atoms with E-state index < -0.39 is 17.9 Å². The topological polar surface area (TPSA) is 104 Å². The molecule has 1 aromatic heterocycles. The molecular formula is C14H16F3N5O3S. The van der Waals surface area contributed by atoms with Gasteiger partial charge in [-0.15, -0.1) is 10.2 Å². The van der Waals surface area contributed by atoms with Gasteiger partial charge in [0.2, 0.25) is 11.1 Å². The van der Waals surface area contributed by atoms with Crippen molar-refractivity contribution in [2.45, 2.75) is 17.9 Å². The number of alkyl halides is 3. The lowest BCUT2D eigenvalue weighted by Crippen LogP contribution is -2.25. The zero-order chi connectivity index (χ0) is 19.3. The highest BCUT2D eigenvalue weighted by Crippen LogP contribution is 2.29. The van der Waals surface area contributed by atoms with Gasteiger partial charge in [-0.2, -0.15) is 13.2 Å². The van der Waals surface area contributed by atoms with Crippen LogP contribution in [0.3, 0.4) is 0 Å². The molecule has 3 N–H and O–H groups in total. The number of thioether (sulfide) groups is 1. The monoisotopic (exact) mass is 391 g/mol. The van der Waals surface area contributed by atoms with Crippen LogP contribution in [-0.4, -0.2) is 40.8 Å². The first kappa shape index (κ1) is 19.7. The van der Waals surface area contributed by atoms with Crippen LogP contribution in [0.5, 0.6) is 11.5 Å². The molecule has 1 aromatic carbocycles. The maximum Gasteiger partial charge on any atom is 0.453 e. The van der Waals surface area contributed by atoms with Crippen molar-refractivity contribution in [2.24, 2.45) is 0 Å².